The molecule has 0 bridgehead atoms. The number of primary amides is 1. The summed E-state index contributed by atoms with van der Waals surface area (Å²) in [5, 5.41) is 0. The number of carbonyl (C=O) groups is 1. The Morgan fingerprint density at radius 1 is 1.27 bits per heavy atom. The summed E-state index contributed by atoms with van der Waals surface area (Å²) in [5.74, 6) is -0.253. The van der Waals surface area contributed by atoms with Crippen molar-refractivity contribution in [3.05, 3.63) is 35.1 Å². The maximum atomic E-state index is 12.7. The fraction of sp³-hybridized carbons (Fsp3) is 0.100. The third-order valence-corrected chi connectivity index (χ3v) is 1.48. The lowest BCUT2D eigenvalue weighted by molar-refractivity contribution is -0.117. The van der Waals surface area contributed by atoms with Crippen molar-refractivity contribution >= 4 is 5.91 Å². The van der Waals surface area contributed by atoms with E-state index in [1.807, 2.05) is 0 Å². The van der Waals surface area contributed by atoms with Gasteiger partial charge in [-0.05, 0) is 12.1 Å². The Kier molecular flexibility index (Phi) is 3.34. The Labute approximate surface area is 83.9 Å². The first-order valence-corrected chi connectivity index (χ1v) is 3.92. The van der Waals surface area contributed by atoms with Gasteiger partial charge in [-0.2, -0.15) is 0 Å². The molecule has 0 atom stereocenters. The normalized spacial score (nSPS) is 9.27. The summed E-state index contributed by atoms with van der Waals surface area (Å²) in [7, 11) is 0. The van der Waals surface area contributed by atoms with Crippen LogP contribution in [0.25, 0.3) is 0 Å². The largest absolute Gasteiger partial charge is 0.369 e. The van der Waals surface area contributed by atoms with E-state index in [2.05, 4.69) is 11.8 Å². The smallest absolute Gasteiger partial charge is 0.229 e. The van der Waals surface area contributed by atoms with Crippen molar-refractivity contribution < 1.29 is 18.0 Å². The highest BCUT2D eigenvalue weighted by Crippen LogP contribution is 2.12. The van der Waals surface area contributed by atoms with E-state index in [0.29, 0.717) is 0 Å². The van der Waals surface area contributed by atoms with Crippen LogP contribution >= 0.6 is 0 Å². The lowest BCUT2D eigenvalue weighted by atomic mass is 10.2. The molecule has 2 N–H and O–H groups in total. The van der Waals surface area contributed by atoms with Crippen LogP contribution in [0, 0.1) is 29.3 Å². The fourth-order valence-corrected chi connectivity index (χ4v) is 0.861. The molecule has 0 aliphatic heterocycles. The van der Waals surface area contributed by atoms with Gasteiger partial charge >= 0.3 is 0 Å². The van der Waals surface area contributed by atoms with E-state index in [-0.39, 0.29) is 12.0 Å². The van der Waals surface area contributed by atoms with Gasteiger partial charge in [0.25, 0.3) is 0 Å². The van der Waals surface area contributed by atoms with Gasteiger partial charge in [0.15, 0.2) is 17.5 Å². The van der Waals surface area contributed by atoms with Crippen LogP contribution in [0.15, 0.2) is 12.1 Å². The van der Waals surface area contributed by atoms with E-state index >= 15 is 0 Å². The zero-order chi connectivity index (χ0) is 11.4. The second-order valence-corrected chi connectivity index (χ2v) is 2.70. The Hall–Kier alpha value is -1.96. The van der Waals surface area contributed by atoms with Gasteiger partial charge in [-0.3, -0.25) is 4.79 Å². The predicted molar refractivity (Wildman–Crippen MR) is 47.0 cm³/mol. The van der Waals surface area contributed by atoms with Crippen LogP contribution in [-0.2, 0) is 4.79 Å². The van der Waals surface area contributed by atoms with Gasteiger partial charge in [-0.25, -0.2) is 13.2 Å². The van der Waals surface area contributed by atoms with E-state index in [1.165, 1.54) is 0 Å². The second-order valence-electron chi connectivity index (χ2n) is 2.70. The average Bonchev–Trinajstić information content (AvgIpc) is 2.13. The number of nitrogens with two attached hydrogens (primary N) is 1. The fourth-order valence-electron chi connectivity index (χ4n) is 0.861. The molecule has 0 unspecified atom stereocenters. The number of hydrogen-bond donors (Lipinski definition) is 1. The maximum Gasteiger partial charge on any atom is 0.229 e. The molecule has 0 aliphatic rings. The van der Waals surface area contributed by atoms with E-state index in [1.54, 1.807) is 0 Å². The lowest BCUT2D eigenvalue weighted by Gasteiger charge is -1.95. The molecular weight excluding hydrogens is 207 g/mol. The van der Waals surface area contributed by atoms with Crippen molar-refractivity contribution in [1.29, 1.82) is 0 Å². The standard InChI is InChI=1S/C10H6F3NO/c11-7-4-6(2-1-3-9(14)15)5-8(12)10(7)13/h4-5H,3H2,(H2,14,15). The summed E-state index contributed by atoms with van der Waals surface area (Å²) in [6.45, 7) is 0. The van der Waals surface area contributed by atoms with E-state index in [9.17, 15) is 18.0 Å². The molecule has 1 amide bonds. The van der Waals surface area contributed by atoms with Gasteiger partial charge in [0.2, 0.25) is 5.91 Å². The minimum atomic E-state index is -1.55. The van der Waals surface area contributed by atoms with Gasteiger partial charge in [-0.1, -0.05) is 11.8 Å². The molecule has 0 fully saturated rings. The topological polar surface area (TPSA) is 43.1 Å². The first-order valence-electron chi connectivity index (χ1n) is 3.92. The molecule has 1 rings (SSSR count). The van der Waals surface area contributed by atoms with Crippen LogP contribution in [0.3, 0.4) is 0 Å². The van der Waals surface area contributed by atoms with Gasteiger partial charge in [0, 0.05) is 5.56 Å². The number of benzene rings is 1. The SMILES string of the molecule is NC(=O)CC#Cc1cc(F)c(F)c(F)c1. The Balaban J connectivity index is 2.95. The third kappa shape index (κ3) is 3.02. The minimum absolute atomic E-state index is 0.0485. The Bertz CT molecular complexity index is 436. The molecule has 0 radical (unpaired) electrons. The molecule has 1 aromatic carbocycles. The number of hydrogen-bond acceptors (Lipinski definition) is 1. The molecular formula is C10H6F3NO. The quantitative estimate of drug-likeness (QED) is 0.555. The van der Waals surface area contributed by atoms with E-state index in [4.69, 9.17) is 5.73 Å². The zero-order valence-electron chi connectivity index (χ0n) is 7.48. The summed E-state index contributed by atoms with van der Waals surface area (Å²) >= 11 is 0. The molecule has 1 aromatic rings. The summed E-state index contributed by atoms with van der Waals surface area (Å²) in [6, 6.07) is 1.48. The summed E-state index contributed by atoms with van der Waals surface area (Å²) in [6.07, 6.45) is -0.222. The Morgan fingerprint density at radius 2 is 1.80 bits per heavy atom. The second kappa shape index (κ2) is 4.51. The van der Waals surface area contributed by atoms with Crippen molar-refractivity contribution in [2.75, 3.05) is 0 Å². The Morgan fingerprint density at radius 3 is 2.27 bits per heavy atom. The van der Waals surface area contributed by atoms with Gasteiger partial charge in [0.05, 0.1) is 6.42 Å². The maximum absolute atomic E-state index is 12.7. The number of carbonyl (C=O) groups excluding carboxylic acids is 1. The van der Waals surface area contributed by atoms with Crippen molar-refractivity contribution in [2.45, 2.75) is 6.42 Å². The molecule has 0 saturated heterocycles. The average molecular weight is 213 g/mol. The molecule has 0 aliphatic carbocycles. The summed E-state index contributed by atoms with van der Waals surface area (Å²) in [4.78, 5) is 10.3. The molecule has 78 valence electrons. The molecule has 0 saturated carbocycles. The van der Waals surface area contributed by atoms with Crippen molar-refractivity contribution in [3.63, 3.8) is 0 Å². The highest BCUT2D eigenvalue weighted by atomic mass is 19.2. The molecule has 15 heavy (non-hydrogen) atoms. The number of halogens is 3. The molecule has 5 heteroatoms. The summed E-state index contributed by atoms with van der Waals surface area (Å²) < 4.78 is 37.8. The van der Waals surface area contributed by atoms with Crippen molar-refractivity contribution in [1.82, 2.24) is 0 Å². The van der Waals surface area contributed by atoms with E-state index < -0.39 is 23.4 Å². The first kappa shape index (κ1) is 11.1. The highest BCUT2D eigenvalue weighted by molar-refractivity contribution is 5.76. The summed E-state index contributed by atoms with van der Waals surface area (Å²) in [5.41, 5.74) is 4.74. The third-order valence-electron chi connectivity index (χ3n) is 1.48. The lowest BCUT2D eigenvalue weighted by Crippen LogP contribution is -2.08. The monoisotopic (exact) mass is 213 g/mol. The van der Waals surface area contributed by atoms with Crippen LogP contribution in [0.1, 0.15) is 12.0 Å². The number of rotatable bonds is 1. The van der Waals surface area contributed by atoms with Gasteiger partial charge in [-0.15, -0.1) is 0 Å². The minimum Gasteiger partial charge on any atom is -0.369 e. The highest BCUT2D eigenvalue weighted by Gasteiger charge is 2.08. The van der Waals surface area contributed by atoms with Crippen LogP contribution in [-0.4, -0.2) is 5.91 Å². The zero-order valence-corrected chi connectivity index (χ0v) is 7.48. The van der Waals surface area contributed by atoms with E-state index in [0.717, 1.165) is 12.1 Å². The van der Waals surface area contributed by atoms with Gasteiger partial charge < -0.3 is 5.73 Å². The molecule has 2 nitrogen and oxygen atoms in total. The van der Waals surface area contributed by atoms with Crippen molar-refractivity contribution in [2.24, 2.45) is 5.73 Å². The van der Waals surface area contributed by atoms with Gasteiger partial charge in [0.1, 0.15) is 0 Å². The number of amides is 1. The molecule has 0 heterocycles. The van der Waals surface area contributed by atoms with Crippen molar-refractivity contribution in [3.8, 4) is 11.8 Å². The molecule has 0 spiro atoms. The van der Waals surface area contributed by atoms with Crippen LogP contribution in [0.4, 0.5) is 13.2 Å². The van der Waals surface area contributed by atoms with Crippen LogP contribution < -0.4 is 5.73 Å². The van der Waals surface area contributed by atoms with Crippen LogP contribution in [0.2, 0.25) is 0 Å². The predicted octanol–water partition coefficient (Wildman–Crippen LogP) is 1.33. The van der Waals surface area contributed by atoms with Crippen LogP contribution in [0.5, 0.6) is 0 Å². The molecule has 0 aromatic heterocycles. The first-order chi connectivity index (χ1) is 7.00.